The highest BCUT2D eigenvalue weighted by Crippen LogP contribution is 2.30. The number of aryl methyl sites for hydroxylation is 2. The summed E-state index contributed by atoms with van der Waals surface area (Å²) in [4.78, 5) is 30.2. The second-order valence-corrected chi connectivity index (χ2v) is 7.28. The average molecular weight is 398 g/mol. The SMILES string of the molecule is CCOC(=O)c1cc(CC)sc1NC(=O)Cc1nc(-c2ccccc2)oc1C. The van der Waals surface area contributed by atoms with Gasteiger partial charge in [-0.2, -0.15) is 0 Å². The number of rotatable bonds is 7. The molecule has 2 heterocycles. The van der Waals surface area contributed by atoms with Crippen LogP contribution in [0.4, 0.5) is 5.00 Å². The summed E-state index contributed by atoms with van der Waals surface area (Å²) in [5, 5.41) is 3.33. The highest BCUT2D eigenvalue weighted by atomic mass is 32.1. The summed E-state index contributed by atoms with van der Waals surface area (Å²) >= 11 is 1.38. The van der Waals surface area contributed by atoms with Crippen molar-refractivity contribution in [1.82, 2.24) is 4.98 Å². The predicted octanol–water partition coefficient (Wildman–Crippen LogP) is 4.63. The van der Waals surface area contributed by atoms with Gasteiger partial charge in [-0.3, -0.25) is 4.79 Å². The van der Waals surface area contributed by atoms with Crippen LogP contribution in [0.25, 0.3) is 11.5 Å². The Balaban J connectivity index is 1.75. The second-order valence-electron chi connectivity index (χ2n) is 6.14. The van der Waals surface area contributed by atoms with E-state index in [1.807, 2.05) is 37.3 Å². The second kappa shape index (κ2) is 8.84. The number of carbonyl (C=O) groups is 2. The van der Waals surface area contributed by atoms with E-state index in [4.69, 9.17) is 9.15 Å². The van der Waals surface area contributed by atoms with E-state index in [-0.39, 0.29) is 18.9 Å². The van der Waals surface area contributed by atoms with Gasteiger partial charge in [0.25, 0.3) is 0 Å². The van der Waals surface area contributed by atoms with Gasteiger partial charge in [-0.05, 0) is 38.5 Å². The molecule has 1 amide bonds. The number of carbonyl (C=O) groups excluding carboxylic acids is 2. The quantitative estimate of drug-likeness (QED) is 0.587. The van der Waals surface area contributed by atoms with Crippen molar-refractivity contribution in [3.63, 3.8) is 0 Å². The lowest BCUT2D eigenvalue weighted by Gasteiger charge is -2.05. The van der Waals surface area contributed by atoms with Crippen LogP contribution >= 0.6 is 11.3 Å². The molecule has 0 atom stereocenters. The zero-order chi connectivity index (χ0) is 20.1. The number of thiophene rings is 1. The van der Waals surface area contributed by atoms with Gasteiger partial charge in [0.1, 0.15) is 10.8 Å². The fourth-order valence-corrected chi connectivity index (χ4v) is 3.69. The van der Waals surface area contributed by atoms with Gasteiger partial charge in [-0.15, -0.1) is 11.3 Å². The minimum Gasteiger partial charge on any atom is -0.462 e. The average Bonchev–Trinajstić information content (AvgIpc) is 3.26. The molecule has 3 rings (SSSR count). The first-order chi connectivity index (χ1) is 13.5. The number of ether oxygens (including phenoxy) is 1. The molecule has 0 radical (unpaired) electrons. The van der Waals surface area contributed by atoms with Crippen molar-refractivity contribution < 1.29 is 18.7 Å². The summed E-state index contributed by atoms with van der Waals surface area (Å²) in [5.74, 6) is 0.390. The Morgan fingerprint density at radius 3 is 2.64 bits per heavy atom. The van der Waals surface area contributed by atoms with Gasteiger partial charge in [-0.25, -0.2) is 9.78 Å². The van der Waals surface area contributed by atoms with Gasteiger partial charge in [-0.1, -0.05) is 25.1 Å². The molecule has 0 aliphatic rings. The molecule has 0 aliphatic carbocycles. The van der Waals surface area contributed by atoms with Crippen LogP contribution in [-0.4, -0.2) is 23.5 Å². The third-order valence-electron chi connectivity index (χ3n) is 4.12. The molecule has 0 aliphatic heterocycles. The van der Waals surface area contributed by atoms with E-state index in [1.54, 1.807) is 19.9 Å². The van der Waals surface area contributed by atoms with Gasteiger partial charge in [0.2, 0.25) is 11.8 Å². The molecular formula is C21H22N2O4S. The largest absolute Gasteiger partial charge is 0.462 e. The number of amides is 1. The lowest BCUT2D eigenvalue weighted by atomic mass is 10.2. The van der Waals surface area contributed by atoms with Crippen LogP contribution in [0.2, 0.25) is 0 Å². The molecule has 1 N–H and O–H groups in total. The molecule has 0 saturated heterocycles. The Morgan fingerprint density at radius 1 is 1.21 bits per heavy atom. The first kappa shape index (κ1) is 19.8. The Labute approximate surface area is 167 Å². The summed E-state index contributed by atoms with van der Waals surface area (Å²) in [6.45, 7) is 5.81. The van der Waals surface area contributed by atoms with E-state index in [2.05, 4.69) is 10.3 Å². The van der Waals surface area contributed by atoms with E-state index in [0.29, 0.717) is 27.9 Å². The normalized spacial score (nSPS) is 10.7. The van der Waals surface area contributed by atoms with E-state index in [9.17, 15) is 9.59 Å². The van der Waals surface area contributed by atoms with Crippen LogP contribution in [0.3, 0.4) is 0 Å². The number of anilines is 1. The number of nitrogens with one attached hydrogen (secondary N) is 1. The van der Waals surface area contributed by atoms with Crippen LogP contribution in [0.15, 0.2) is 40.8 Å². The van der Waals surface area contributed by atoms with Crippen molar-refractivity contribution in [3.05, 3.63) is 58.3 Å². The van der Waals surface area contributed by atoms with Crippen molar-refractivity contribution in [2.75, 3.05) is 11.9 Å². The predicted molar refractivity (Wildman–Crippen MR) is 109 cm³/mol. The zero-order valence-electron chi connectivity index (χ0n) is 16.1. The van der Waals surface area contributed by atoms with Gasteiger partial charge in [0.15, 0.2) is 0 Å². The molecule has 0 bridgehead atoms. The molecular weight excluding hydrogens is 376 g/mol. The summed E-state index contributed by atoms with van der Waals surface area (Å²) in [5.41, 5.74) is 1.81. The van der Waals surface area contributed by atoms with Crippen molar-refractivity contribution in [3.8, 4) is 11.5 Å². The number of nitrogens with zero attached hydrogens (tertiary/aromatic N) is 1. The zero-order valence-corrected chi connectivity index (χ0v) is 16.9. The molecule has 2 aromatic heterocycles. The molecule has 0 saturated carbocycles. The highest BCUT2D eigenvalue weighted by Gasteiger charge is 2.20. The van der Waals surface area contributed by atoms with Gasteiger partial charge < -0.3 is 14.5 Å². The first-order valence-corrected chi connectivity index (χ1v) is 9.94. The molecule has 0 spiro atoms. The Morgan fingerprint density at radius 2 is 1.96 bits per heavy atom. The highest BCUT2D eigenvalue weighted by molar-refractivity contribution is 7.16. The number of hydrogen-bond acceptors (Lipinski definition) is 6. The Hall–Kier alpha value is -2.93. The lowest BCUT2D eigenvalue weighted by Crippen LogP contribution is -2.16. The third-order valence-corrected chi connectivity index (χ3v) is 5.32. The maximum absolute atomic E-state index is 12.6. The number of esters is 1. The Bertz CT molecular complexity index is 976. The Kier molecular flexibility index (Phi) is 6.26. The van der Waals surface area contributed by atoms with Crippen LogP contribution in [0.1, 0.15) is 40.5 Å². The topological polar surface area (TPSA) is 81.4 Å². The molecule has 6 nitrogen and oxygen atoms in total. The fraction of sp³-hybridized carbons (Fsp3) is 0.286. The van der Waals surface area contributed by atoms with Gasteiger partial charge in [0.05, 0.1) is 24.3 Å². The summed E-state index contributed by atoms with van der Waals surface area (Å²) in [7, 11) is 0. The summed E-state index contributed by atoms with van der Waals surface area (Å²) < 4.78 is 10.8. The van der Waals surface area contributed by atoms with Crippen LogP contribution < -0.4 is 5.32 Å². The molecule has 0 fully saturated rings. The minimum absolute atomic E-state index is 0.0593. The lowest BCUT2D eigenvalue weighted by molar-refractivity contribution is -0.115. The number of oxazole rings is 1. The fourth-order valence-electron chi connectivity index (χ4n) is 2.69. The maximum Gasteiger partial charge on any atom is 0.341 e. The maximum atomic E-state index is 12.6. The van der Waals surface area contributed by atoms with Gasteiger partial charge in [0, 0.05) is 10.4 Å². The van der Waals surface area contributed by atoms with E-state index in [1.165, 1.54) is 11.3 Å². The summed E-state index contributed by atoms with van der Waals surface area (Å²) in [6.07, 6.45) is 0.833. The van der Waals surface area contributed by atoms with E-state index >= 15 is 0 Å². The smallest absolute Gasteiger partial charge is 0.341 e. The first-order valence-electron chi connectivity index (χ1n) is 9.13. The van der Waals surface area contributed by atoms with Crippen LogP contribution in [0, 0.1) is 6.92 Å². The molecule has 3 aromatic rings. The monoisotopic (exact) mass is 398 g/mol. The van der Waals surface area contributed by atoms with Crippen LogP contribution in [-0.2, 0) is 22.4 Å². The standard InChI is InChI=1S/C21H22N2O4S/c1-4-15-11-16(21(25)26-5-2)20(28-15)23-18(24)12-17-13(3)27-19(22-17)14-9-7-6-8-10-14/h6-11H,4-5,12H2,1-3H3,(H,23,24). The van der Waals surface area contributed by atoms with E-state index in [0.717, 1.165) is 16.9 Å². The number of hydrogen-bond donors (Lipinski definition) is 1. The molecule has 0 unspecified atom stereocenters. The van der Waals surface area contributed by atoms with Crippen molar-refractivity contribution in [2.24, 2.45) is 0 Å². The van der Waals surface area contributed by atoms with Gasteiger partial charge >= 0.3 is 5.97 Å². The molecule has 7 heteroatoms. The van der Waals surface area contributed by atoms with Crippen molar-refractivity contribution in [2.45, 2.75) is 33.6 Å². The van der Waals surface area contributed by atoms with Crippen molar-refractivity contribution in [1.29, 1.82) is 0 Å². The minimum atomic E-state index is -0.433. The van der Waals surface area contributed by atoms with Crippen LogP contribution in [0.5, 0.6) is 0 Å². The molecule has 28 heavy (non-hydrogen) atoms. The number of aromatic nitrogens is 1. The van der Waals surface area contributed by atoms with Crippen molar-refractivity contribution >= 4 is 28.2 Å². The number of benzene rings is 1. The molecule has 1 aromatic carbocycles. The summed E-state index contributed by atoms with van der Waals surface area (Å²) in [6, 6.07) is 11.3. The van der Waals surface area contributed by atoms with E-state index < -0.39 is 5.97 Å². The third kappa shape index (κ3) is 4.48. The molecule has 146 valence electrons.